The molecule has 158 valence electrons. The van der Waals surface area contributed by atoms with Crippen LogP contribution in [0.3, 0.4) is 0 Å². The van der Waals surface area contributed by atoms with Gasteiger partial charge in [-0.25, -0.2) is 23.7 Å². The van der Waals surface area contributed by atoms with E-state index in [0.717, 1.165) is 18.0 Å². The molecule has 31 heavy (non-hydrogen) atoms. The number of pyridine rings is 1. The van der Waals surface area contributed by atoms with Crippen molar-refractivity contribution < 1.29 is 18.0 Å². The lowest BCUT2D eigenvalue weighted by molar-refractivity contribution is 0.387. The highest BCUT2D eigenvalue weighted by molar-refractivity contribution is 8.00. The number of nitrogens with one attached hydrogen (secondary N) is 2. The number of halogens is 4. The summed E-state index contributed by atoms with van der Waals surface area (Å²) in [5.74, 6) is -1.42. The Balaban J connectivity index is 1.68. The summed E-state index contributed by atoms with van der Waals surface area (Å²) in [5.41, 5.74) is 1.88. The van der Waals surface area contributed by atoms with Crippen LogP contribution in [0.25, 0.3) is 22.0 Å². The molecule has 4 rings (SSSR count). The fourth-order valence-corrected chi connectivity index (χ4v) is 3.88. The molecule has 2 N–H and O–H groups in total. The van der Waals surface area contributed by atoms with Crippen LogP contribution in [0.2, 0.25) is 5.02 Å². The third-order valence-electron chi connectivity index (χ3n) is 4.29. The van der Waals surface area contributed by atoms with Crippen LogP contribution in [0.15, 0.2) is 53.7 Å². The predicted octanol–water partition coefficient (Wildman–Crippen LogP) is 6.05. The van der Waals surface area contributed by atoms with Gasteiger partial charge in [0, 0.05) is 17.8 Å². The van der Waals surface area contributed by atoms with Crippen molar-refractivity contribution in [1.29, 1.82) is 0 Å². The Morgan fingerprint density at radius 2 is 1.90 bits per heavy atom. The van der Waals surface area contributed by atoms with Gasteiger partial charge in [0.1, 0.15) is 5.82 Å². The van der Waals surface area contributed by atoms with E-state index >= 15 is 4.39 Å². The first-order valence-corrected chi connectivity index (χ1v) is 9.94. The lowest BCUT2D eigenvalue weighted by Crippen LogP contribution is -1.98. The number of ether oxygens (including phenoxy) is 1. The monoisotopic (exact) mass is 463 g/mol. The molecule has 0 aliphatic carbocycles. The Hall–Kier alpha value is -3.24. The summed E-state index contributed by atoms with van der Waals surface area (Å²) in [7, 11) is 1.45. The van der Waals surface area contributed by atoms with Crippen LogP contribution in [-0.2, 0) is 0 Å². The minimum atomic E-state index is -0.788. The fourth-order valence-electron chi connectivity index (χ4n) is 2.87. The van der Waals surface area contributed by atoms with Crippen LogP contribution in [0, 0.1) is 11.6 Å². The van der Waals surface area contributed by atoms with Crippen molar-refractivity contribution in [3.63, 3.8) is 0 Å². The van der Waals surface area contributed by atoms with Crippen molar-refractivity contribution >= 4 is 46.1 Å². The molecule has 4 aromatic rings. The fraction of sp³-hybridized carbons (Fsp3) is 0.0500. The molecule has 0 aliphatic rings. The van der Waals surface area contributed by atoms with E-state index in [1.165, 1.54) is 49.3 Å². The zero-order valence-electron chi connectivity index (χ0n) is 15.8. The minimum absolute atomic E-state index is 0.0525. The molecule has 0 saturated heterocycles. The Kier molecular flexibility index (Phi) is 6.01. The van der Waals surface area contributed by atoms with Gasteiger partial charge in [-0.15, -0.1) is 4.48 Å². The van der Waals surface area contributed by atoms with Crippen LogP contribution in [-0.4, -0.2) is 22.1 Å². The second kappa shape index (κ2) is 8.86. The molecule has 0 radical (unpaired) electrons. The number of rotatable bonds is 6. The maximum Gasteiger partial charge on any atom is 0.251 e. The van der Waals surface area contributed by atoms with Crippen LogP contribution < -0.4 is 15.0 Å². The SMILES string of the molecule is COc1ncc(Cl)cc1SNc1ccc(F)c(-c2ccc3nc(NF)ncc3c2)c1F. The lowest BCUT2D eigenvalue weighted by atomic mass is 10.0. The van der Waals surface area contributed by atoms with Gasteiger partial charge in [-0.3, -0.25) is 0 Å². The van der Waals surface area contributed by atoms with Crippen molar-refractivity contribution in [3.05, 3.63) is 65.4 Å². The van der Waals surface area contributed by atoms with E-state index in [0.29, 0.717) is 26.7 Å². The molecule has 0 saturated carbocycles. The maximum atomic E-state index is 15.2. The van der Waals surface area contributed by atoms with Crippen molar-refractivity contribution in [2.24, 2.45) is 0 Å². The van der Waals surface area contributed by atoms with E-state index in [1.807, 2.05) is 0 Å². The van der Waals surface area contributed by atoms with E-state index in [4.69, 9.17) is 16.3 Å². The van der Waals surface area contributed by atoms with Gasteiger partial charge in [0.2, 0.25) is 5.88 Å². The average molecular weight is 464 g/mol. The number of fused-ring (bicyclic) bond motifs is 1. The summed E-state index contributed by atoms with van der Waals surface area (Å²) >= 11 is 6.98. The first-order valence-electron chi connectivity index (χ1n) is 8.74. The molecule has 0 unspecified atom stereocenters. The molecule has 0 fully saturated rings. The van der Waals surface area contributed by atoms with Gasteiger partial charge in [0.15, 0.2) is 5.82 Å². The third kappa shape index (κ3) is 4.30. The van der Waals surface area contributed by atoms with Gasteiger partial charge in [0.25, 0.3) is 5.95 Å². The normalized spacial score (nSPS) is 10.9. The second-order valence-electron chi connectivity index (χ2n) is 6.21. The maximum absolute atomic E-state index is 15.2. The van der Waals surface area contributed by atoms with E-state index in [1.54, 1.807) is 6.07 Å². The molecule has 0 amide bonds. The van der Waals surface area contributed by atoms with Crippen LogP contribution in [0.4, 0.5) is 24.9 Å². The highest BCUT2D eigenvalue weighted by Gasteiger charge is 2.17. The van der Waals surface area contributed by atoms with E-state index in [-0.39, 0.29) is 22.8 Å². The molecular formula is C20H13ClF3N5OS. The Morgan fingerprint density at radius 3 is 2.68 bits per heavy atom. The summed E-state index contributed by atoms with van der Waals surface area (Å²) < 4.78 is 50.3. The van der Waals surface area contributed by atoms with Gasteiger partial charge in [-0.2, -0.15) is 5.54 Å². The minimum Gasteiger partial charge on any atom is -0.480 e. The molecular weight excluding hydrogens is 451 g/mol. The summed E-state index contributed by atoms with van der Waals surface area (Å²) in [4.78, 5) is 12.3. The topological polar surface area (TPSA) is 72.0 Å². The van der Waals surface area contributed by atoms with E-state index < -0.39 is 11.6 Å². The van der Waals surface area contributed by atoms with Crippen molar-refractivity contribution in [1.82, 2.24) is 15.0 Å². The number of benzene rings is 2. The highest BCUT2D eigenvalue weighted by Crippen LogP contribution is 2.36. The highest BCUT2D eigenvalue weighted by atomic mass is 35.5. The van der Waals surface area contributed by atoms with Gasteiger partial charge >= 0.3 is 0 Å². The molecule has 0 aliphatic heterocycles. The quantitative estimate of drug-likeness (QED) is 0.266. The summed E-state index contributed by atoms with van der Waals surface area (Å²) in [6.07, 6.45) is 2.79. The molecule has 2 heterocycles. The number of nitrogens with zero attached hydrogens (tertiary/aromatic N) is 3. The Morgan fingerprint density at radius 1 is 1.06 bits per heavy atom. The van der Waals surface area contributed by atoms with Crippen molar-refractivity contribution in [3.8, 4) is 17.0 Å². The van der Waals surface area contributed by atoms with Gasteiger partial charge in [-0.05, 0) is 47.8 Å². The number of anilines is 2. The standard InChI is InChI=1S/C20H13ClF3N5OS/c1-30-19-16(7-12(21)9-25-19)31-29-15-5-3-13(22)17(18(15)23)10-2-4-14-11(6-10)8-26-20(27-14)28-24/h2-9,29H,1H3,(H,26,27,28). The predicted molar refractivity (Wildman–Crippen MR) is 115 cm³/mol. The first-order chi connectivity index (χ1) is 15.0. The number of hydrogen-bond donors (Lipinski definition) is 2. The first kappa shape index (κ1) is 21.0. The second-order valence-corrected chi connectivity index (χ2v) is 7.50. The molecule has 0 atom stereocenters. The largest absolute Gasteiger partial charge is 0.480 e. The molecule has 0 bridgehead atoms. The molecule has 6 nitrogen and oxygen atoms in total. The number of methoxy groups -OCH3 is 1. The Bertz CT molecular complexity index is 1280. The summed E-state index contributed by atoms with van der Waals surface area (Å²) in [6.45, 7) is 0. The van der Waals surface area contributed by atoms with E-state index in [9.17, 15) is 8.87 Å². The van der Waals surface area contributed by atoms with Crippen LogP contribution in [0.1, 0.15) is 0 Å². The molecule has 0 spiro atoms. The zero-order valence-corrected chi connectivity index (χ0v) is 17.4. The van der Waals surface area contributed by atoms with Crippen LogP contribution >= 0.6 is 23.5 Å². The van der Waals surface area contributed by atoms with Gasteiger partial charge < -0.3 is 9.46 Å². The van der Waals surface area contributed by atoms with Gasteiger partial charge in [-0.1, -0.05) is 17.7 Å². The summed E-state index contributed by atoms with van der Waals surface area (Å²) in [6, 6.07) is 8.61. The summed E-state index contributed by atoms with van der Waals surface area (Å²) in [5, 5.41) is 0.882. The van der Waals surface area contributed by atoms with Crippen LogP contribution in [0.5, 0.6) is 5.88 Å². The third-order valence-corrected chi connectivity index (χ3v) is 5.33. The average Bonchev–Trinajstić information content (AvgIpc) is 2.78. The smallest absolute Gasteiger partial charge is 0.251 e. The van der Waals surface area contributed by atoms with Gasteiger partial charge in [0.05, 0.1) is 33.8 Å². The van der Waals surface area contributed by atoms with Crippen molar-refractivity contribution in [2.45, 2.75) is 4.90 Å². The van der Waals surface area contributed by atoms with E-state index in [2.05, 4.69) is 19.7 Å². The zero-order chi connectivity index (χ0) is 22.0. The molecule has 2 aromatic heterocycles. The Labute approximate surface area is 183 Å². The number of aromatic nitrogens is 3. The molecule has 11 heteroatoms. The molecule has 2 aromatic carbocycles. The van der Waals surface area contributed by atoms with Crippen molar-refractivity contribution in [2.75, 3.05) is 17.4 Å². The number of hydrogen-bond acceptors (Lipinski definition) is 7. The lowest BCUT2D eigenvalue weighted by Gasteiger charge is -2.13.